The molecule has 0 saturated heterocycles. The van der Waals surface area contributed by atoms with Gasteiger partial charge in [0.2, 0.25) is 5.91 Å². The van der Waals surface area contributed by atoms with Crippen molar-refractivity contribution < 1.29 is 14.0 Å². The van der Waals surface area contributed by atoms with Gasteiger partial charge in [-0.3, -0.25) is 9.59 Å². The van der Waals surface area contributed by atoms with Crippen LogP contribution >= 0.6 is 11.6 Å². The summed E-state index contributed by atoms with van der Waals surface area (Å²) in [5.41, 5.74) is 0.740. The van der Waals surface area contributed by atoms with E-state index >= 15 is 0 Å². The van der Waals surface area contributed by atoms with Crippen LogP contribution in [0.15, 0.2) is 48.5 Å². The van der Waals surface area contributed by atoms with E-state index in [0.717, 1.165) is 11.6 Å². The number of benzene rings is 2. The largest absolute Gasteiger partial charge is 0.343 e. The van der Waals surface area contributed by atoms with Crippen LogP contribution in [-0.2, 0) is 11.3 Å². The Morgan fingerprint density at radius 3 is 2.40 bits per heavy atom. The number of hydrogen-bond donors (Lipinski definition) is 1. The minimum atomic E-state index is -0.720. The smallest absolute Gasteiger partial charge is 0.256 e. The van der Waals surface area contributed by atoms with E-state index in [-0.39, 0.29) is 29.1 Å². The molecule has 0 fully saturated rings. The molecule has 2 aromatic carbocycles. The van der Waals surface area contributed by atoms with Crippen LogP contribution in [0.2, 0.25) is 5.02 Å². The van der Waals surface area contributed by atoms with Crippen molar-refractivity contribution >= 4 is 23.4 Å². The summed E-state index contributed by atoms with van der Waals surface area (Å²) in [5, 5.41) is 2.46. The number of nitrogens with one attached hydrogen (secondary N) is 1. The molecule has 0 spiro atoms. The molecule has 0 aromatic heterocycles. The molecule has 0 heterocycles. The summed E-state index contributed by atoms with van der Waals surface area (Å²) in [7, 11) is 0. The Labute approximate surface area is 151 Å². The van der Waals surface area contributed by atoms with Crippen molar-refractivity contribution in [2.45, 2.75) is 26.4 Å². The molecule has 2 amide bonds. The van der Waals surface area contributed by atoms with Crippen LogP contribution in [0.4, 0.5) is 4.39 Å². The molecule has 0 aliphatic carbocycles. The Balaban J connectivity index is 2.02. The maximum absolute atomic E-state index is 13.8. The molecule has 0 bridgehead atoms. The molecular formula is C19H20ClFN2O2. The first kappa shape index (κ1) is 18.9. The summed E-state index contributed by atoms with van der Waals surface area (Å²) < 4.78 is 13.8. The van der Waals surface area contributed by atoms with Gasteiger partial charge in [-0.25, -0.2) is 4.39 Å². The summed E-state index contributed by atoms with van der Waals surface area (Å²) in [6.45, 7) is 4.01. The highest BCUT2D eigenvalue weighted by atomic mass is 35.5. The molecule has 0 atom stereocenters. The topological polar surface area (TPSA) is 49.4 Å². The van der Waals surface area contributed by atoms with Crippen LogP contribution in [0.3, 0.4) is 0 Å². The zero-order valence-corrected chi connectivity index (χ0v) is 14.9. The van der Waals surface area contributed by atoms with Gasteiger partial charge >= 0.3 is 0 Å². The summed E-state index contributed by atoms with van der Waals surface area (Å²) in [5.74, 6) is -1.68. The quantitative estimate of drug-likeness (QED) is 0.852. The third-order valence-corrected chi connectivity index (χ3v) is 4.04. The lowest BCUT2D eigenvalue weighted by molar-refractivity contribution is -0.132. The molecule has 1 N–H and O–H groups in total. The number of nitrogens with zero attached hydrogens (tertiary/aromatic N) is 1. The SMILES string of the molecule is CC(C)N(Cc1ccccc1)C(=O)CNC(=O)c1c(F)cccc1Cl. The summed E-state index contributed by atoms with van der Waals surface area (Å²) in [6.07, 6.45) is 0. The lowest BCUT2D eigenvalue weighted by Crippen LogP contribution is -2.43. The van der Waals surface area contributed by atoms with E-state index in [0.29, 0.717) is 6.54 Å². The second-order valence-electron chi connectivity index (χ2n) is 5.88. The standard InChI is InChI=1S/C19H20ClFN2O2/c1-13(2)23(12-14-7-4-3-5-8-14)17(24)11-22-19(25)18-15(20)9-6-10-16(18)21/h3-10,13H,11-12H2,1-2H3,(H,22,25). The van der Waals surface area contributed by atoms with Gasteiger partial charge < -0.3 is 10.2 Å². The average Bonchev–Trinajstić information content (AvgIpc) is 2.58. The second-order valence-corrected chi connectivity index (χ2v) is 6.29. The van der Waals surface area contributed by atoms with Crippen molar-refractivity contribution in [3.63, 3.8) is 0 Å². The van der Waals surface area contributed by atoms with Crippen LogP contribution in [0.1, 0.15) is 29.8 Å². The fourth-order valence-electron chi connectivity index (χ4n) is 2.40. The molecule has 0 unspecified atom stereocenters. The van der Waals surface area contributed by atoms with Crippen molar-refractivity contribution in [3.05, 3.63) is 70.5 Å². The van der Waals surface area contributed by atoms with E-state index in [2.05, 4.69) is 5.32 Å². The number of amides is 2. The zero-order valence-electron chi connectivity index (χ0n) is 14.1. The third-order valence-electron chi connectivity index (χ3n) is 3.73. The van der Waals surface area contributed by atoms with Gasteiger partial charge in [0.05, 0.1) is 17.1 Å². The molecule has 2 rings (SSSR count). The molecule has 0 saturated carbocycles. The molecular weight excluding hydrogens is 343 g/mol. The highest BCUT2D eigenvalue weighted by molar-refractivity contribution is 6.33. The van der Waals surface area contributed by atoms with E-state index in [1.807, 2.05) is 44.2 Å². The normalized spacial score (nSPS) is 10.6. The van der Waals surface area contributed by atoms with Gasteiger partial charge in [0, 0.05) is 12.6 Å². The Kier molecular flexibility index (Phi) is 6.53. The van der Waals surface area contributed by atoms with E-state index < -0.39 is 11.7 Å². The first-order chi connectivity index (χ1) is 11.9. The highest BCUT2D eigenvalue weighted by Gasteiger charge is 2.20. The van der Waals surface area contributed by atoms with Gasteiger partial charge in [0.15, 0.2) is 0 Å². The number of halogens is 2. The van der Waals surface area contributed by atoms with Crippen LogP contribution in [0.5, 0.6) is 0 Å². The number of carbonyl (C=O) groups excluding carboxylic acids is 2. The van der Waals surface area contributed by atoms with Crippen molar-refractivity contribution in [2.24, 2.45) is 0 Å². The average molecular weight is 363 g/mol. The zero-order chi connectivity index (χ0) is 18.4. The molecule has 4 nitrogen and oxygen atoms in total. The van der Waals surface area contributed by atoms with E-state index in [1.165, 1.54) is 12.1 Å². The second kappa shape index (κ2) is 8.62. The first-order valence-corrected chi connectivity index (χ1v) is 8.33. The Morgan fingerprint density at radius 1 is 1.12 bits per heavy atom. The van der Waals surface area contributed by atoms with Gasteiger partial charge in [-0.1, -0.05) is 48.0 Å². The molecule has 25 heavy (non-hydrogen) atoms. The van der Waals surface area contributed by atoms with Crippen molar-refractivity contribution in [1.82, 2.24) is 10.2 Å². The number of carbonyl (C=O) groups is 2. The maximum atomic E-state index is 13.8. The van der Waals surface area contributed by atoms with Crippen molar-refractivity contribution in [2.75, 3.05) is 6.54 Å². The van der Waals surface area contributed by atoms with Crippen molar-refractivity contribution in [1.29, 1.82) is 0 Å². The predicted molar refractivity (Wildman–Crippen MR) is 95.9 cm³/mol. The fraction of sp³-hybridized carbons (Fsp3) is 0.263. The van der Waals surface area contributed by atoms with Crippen LogP contribution in [-0.4, -0.2) is 29.3 Å². The Hall–Kier alpha value is -2.40. The minimum absolute atomic E-state index is 0.00921. The van der Waals surface area contributed by atoms with Crippen molar-refractivity contribution in [3.8, 4) is 0 Å². The Morgan fingerprint density at radius 2 is 1.80 bits per heavy atom. The van der Waals surface area contributed by atoms with Gasteiger partial charge in [-0.15, -0.1) is 0 Å². The maximum Gasteiger partial charge on any atom is 0.256 e. The fourth-order valence-corrected chi connectivity index (χ4v) is 2.65. The third kappa shape index (κ3) is 5.03. The number of hydrogen-bond acceptors (Lipinski definition) is 2. The molecule has 6 heteroatoms. The van der Waals surface area contributed by atoms with Gasteiger partial charge in [0.25, 0.3) is 5.91 Å². The first-order valence-electron chi connectivity index (χ1n) is 7.95. The molecule has 0 aliphatic rings. The lowest BCUT2D eigenvalue weighted by atomic mass is 10.2. The van der Waals surface area contributed by atoms with Crippen LogP contribution < -0.4 is 5.32 Å². The molecule has 2 aromatic rings. The summed E-state index contributed by atoms with van der Waals surface area (Å²) >= 11 is 5.86. The lowest BCUT2D eigenvalue weighted by Gasteiger charge is -2.27. The monoisotopic (exact) mass is 362 g/mol. The number of rotatable bonds is 6. The van der Waals surface area contributed by atoms with Gasteiger partial charge in [0.1, 0.15) is 5.82 Å². The molecule has 0 aliphatic heterocycles. The molecule has 132 valence electrons. The van der Waals surface area contributed by atoms with E-state index in [4.69, 9.17) is 11.6 Å². The van der Waals surface area contributed by atoms with E-state index in [1.54, 1.807) is 4.90 Å². The van der Waals surface area contributed by atoms with Crippen LogP contribution in [0, 0.1) is 5.82 Å². The predicted octanol–water partition coefficient (Wildman–Crippen LogP) is 3.65. The van der Waals surface area contributed by atoms with Gasteiger partial charge in [-0.2, -0.15) is 0 Å². The summed E-state index contributed by atoms with van der Waals surface area (Å²) in [6, 6.07) is 13.5. The summed E-state index contributed by atoms with van der Waals surface area (Å²) in [4.78, 5) is 26.3. The van der Waals surface area contributed by atoms with Crippen LogP contribution in [0.25, 0.3) is 0 Å². The Bertz CT molecular complexity index is 730. The highest BCUT2D eigenvalue weighted by Crippen LogP contribution is 2.18. The minimum Gasteiger partial charge on any atom is -0.343 e. The van der Waals surface area contributed by atoms with E-state index in [9.17, 15) is 14.0 Å². The molecule has 0 radical (unpaired) electrons. The van der Waals surface area contributed by atoms with Gasteiger partial charge in [-0.05, 0) is 31.5 Å².